The topological polar surface area (TPSA) is 15.6 Å². The molecule has 0 bridgehead atoms. The maximum absolute atomic E-state index is 4.80. The Hall–Kier alpha value is -1.61. The Bertz CT molecular complexity index is 660. The normalized spacial score (nSPS) is 24.4. The monoisotopic (exact) mass is 282 g/mol. The first-order valence-electron chi connectivity index (χ1n) is 7.15. The van der Waals surface area contributed by atoms with E-state index in [0.29, 0.717) is 0 Å². The Morgan fingerprint density at radius 2 is 2.25 bits per heavy atom. The molecular weight excluding hydrogens is 264 g/mol. The van der Waals surface area contributed by atoms with Crippen molar-refractivity contribution in [3.63, 3.8) is 0 Å². The molecule has 102 valence electrons. The SMILES string of the molecule is CN1C=N[C@]2(CCc3c(cccc3-c3ccsc3)C2)C1. The van der Waals surface area contributed by atoms with E-state index >= 15 is 0 Å². The second-order valence-electron chi connectivity index (χ2n) is 6.02. The summed E-state index contributed by atoms with van der Waals surface area (Å²) in [6.45, 7) is 1.06. The van der Waals surface area contributed by atoms with Gasteiger partial charge in [-0.2, -0.15) is 11.3 Å². The molecule has 0 saturated heterocycles. The summed E-state index contributed by atoms with van der Waals surface area (Å²) in [5.74, 6) is 0. The van der Waals surface area contributed by atoms with Gasteiger partial charge in [-0.05, 0) is 58.3 Å². The van der Waals surface area contributed by atoms with E-state index in [1.165, 1.54) is 23.1 Å². The Balaban J connectivity index is 1.74. The molecule has 2 aromatic rings. The molecule has 0 radical (unpaired) electrons. The minimum atomic E-state index is 0.134. The van der Waals surface area contributed by atoms with E-state index in [9.17, 15) is 0 Å². The third kappa shape index (κ3) is 1.88. The van der Waals surface area contributed by atoms with Crippen LogP contribution in [0, 0.1) is 0 Å². The molecule has 0 amide bonds. The summed E-state index contributed by atoms with van der Waals surface area (Å²) in [6, 6.07) is 8.99. The lowest BCUT2D eigenvalue weighted by atomic mass is 9.76. The van der Waals surface area contributed by atoms with Crippen molar-refractivity contribution >= 4 is 17.7 Å². The van der Waals surface area contributed by atoms with Crippen molar-refractivity contribution in [2.24, 2.45) is 4.99 Å². The van der Waals surface area contributed by atoms with Gasteiger partial charge in [-0.25, -0.2) is 0 Å². The molecule has 2 nitrogen and oxygen atoms in total. The van der Waals surface area contributed by atoms with E-state index in [1.54, 1.807) is 16.9 Å². The van der Waals surface area contributed by atoms with Crippen molar-refractivity contribution in [2.45, 2.75) is 24.8 Å². The molecule has 20 heavy (non-hydrogen) atoms. The molecule has 0 saturated carbocycles. The Labute approximate surface area is 123 Å². The van der Waals surface area contributed by atoms with Crippen molar-refractivity contribution < 1.29 is 0 Å². The Morgan fingerprint density at radius 3 is 3.00 bits per heavy atom. The highest BCUT2D eigenvalue weighted by Gasteiger charge is 2.38. The van der Waals surface area contributed by atoms with Gasteiger partial charge in [-0.3, -0.25) is 4.99 Å². The lowest BCUT2D eigenvalue weighted by Crippen LogP contribution is -2.38. The van der Waals surface area contributed by atoms with E-state index in [4.69, 9.17) is 4.99 Å². The van der Waals surface area contributed by atoms with Crippen LogP contribution in [0.3, 0.4) is 0 Å². The van der Waals surface area contributed by atoms with Crippen molar-refractivity contribution in [1.29, 1.82) is 0 Å². The van der Waals surface area contributed by atoms with Crippen molar-refractivity contribution in [1.82, 2.24) is 4.90 Å². The number of likely N-dealkylation sites (N-methyl/N-ethyl adjacent to an activating group) is 1. The Kier molecular flexibility index (Phi) is 2.71. The fourth-order valence-electron chi connectivity index (χ4n) is 3.60. The zero-order valence-corrected chi connectivity index (χ0v) is 12.5. The number of nitrogens with zero attached hydrogens (tertiary/aromatic N) is 2. The maximum Gasteiger partial charge on any atom is 0.0855 e. The molecule has 4 rings (SSSR count). The largest absolute Gasteiger partial charge is 0.364 e. The van der Waals surface area contributed by atoms with Gasteiger partial charge in [0.25, 0.3) is 0 Å². The van der Waals surface area contributed by atoms with Gasteiger partial charge in [0.2, 0.25) is 0 Å². The highest BCUT2D eigenvalue weighted by molar-refractivity contribution is 7.08. The standard InChI is InChI=1S/C17H18N2S/c1-19-11-17(18-12-19)7-5-16-13(9-17)3-2-4-15(16)14-6-8-20-10-14/h2-4,6,8,10,12H,5,7,9,11H2,1H3/t17-/m0/s1. The zero-order chi connectivity index (χ0) is 13.6. The van der Waals surface area contributed by atoms with Crippen LogP contribution in [0.1, 0.15) is 17.5 Å². The lowest BCUT2D eigenvalue weighted by Gasteiger charge is -2.33. The number of rotatable bonds is 1. The first kappa shape index (κ1) is 12.2. The van der Waals surface area contributed by atoms with Crippen LogP contribution in [0.4, 0.5) is 0 Å². The van der Waals surface area contributed by atoms with E-state index in [2.05, 4.69) is 47.0 Å². The number of thiophene rings is 1. The summed E-state index contributed by atoms with van der Waals surface area (Å²) in [4.78, 5) is 7.02. The van der Waals surface area contributed by atoms with Gasteiger partial charge in [0.15, 0.2) is 0 Å². The van der Waals surface area contributed by atoms with Gasteiger partial charge in [0.1, 0.15) is 0 Å². The number of hydrogen-bond acceptors (Lipinski definition) is 3. The van der Waals surface area contributed by atoms with Crippen molar-refractivity contribution in [3.05, 3.63) is 46.2 Å². The molecule has 3 heteroatoms. The summed E-state index contributed by atoms with van der Waals surface area (Å²) in [5, 5.41) is 4.41. The van der Waals surface area contributed by atoms with Gasteiger partial charge in [0.05, 0.1) is 11.9 Å². The molecule has 1 spiro atoms. The molecule has 2 aliphatic rings. The smallest absolute Gasteiger partial charge is 0.0855 e. The minimum absolute atomic E-state index is 0.134. The van der Waals surface area contributed by atoms with Gasteiger partial charge in [-0.1, -0.05) is 18.2 Å². The molecular formula is C17H18N2S. The van der Waals surface area contributed by atoms with Crippen LogP contribution in [0.5, 0.6) is 0 Å². The fraction of sp³-hybridized carbons (Fsp3) is 0.353. The second-order valence-corrected chi connectivity index (χ2v) is 6.80. The number of benzene rings is 1. The third-order valence-corrected chi connectivity index (χ3v) is 5.22. The molecule has 1 aromatic heterocycles. The molecule has 1 aromatic carbocycles. The number of fused-ring (bicyclic) bond motifs is 1. The summed E-state index contributed by atoms with van der Waals surface area (Å²) in [5.41, 5.74) is 5.96. The highest BCUT2D eigenvalue weighted by Crippen LogP contribution is 2.38. The first-order valence-corrected chi connectivity index (χ1v) is 8.09. The average Bonchev–Trinajstić information content (AvgIpc) is 3.09. The summed E-state index contributed by atoms with van der Waals surface area (Å²) < 4.78 is 0. The predicted octanol–water partition coefficient (Wildman–Crippen LogP) is 3.62. The molecule has 0 fully saturated rings. The van der Waals surface area contributed by atoms with Crippen LogP contribution < -0.4 is 0 Å². The van der Waals surface area contributed by atoms with Crippen molar-refractivity contribution in [3.8, 4) is 11.1 Å². The number of aliphatic imine (C=N–C) groups is 1. The van der Waals surface area contributed by atoms with Crippen LogP contribution >= 0.6 is 11.3 Å². The molecule has 0 unspecified atom stereocenters. The van der Waals surface area contributed by atoms with Gasteiger partial charge >= 0.3 is 0 Å². The van der Waals surface area contributed by atoms with Gasteiger partial charge in [0, 0.05) is 13.6 Å². The van der Waals surface area contributed by atoms with E-state index in [-0.39, 0.29) is 5.54 Å². The summed E-state index contributed by atoms with van der Waals surface area (Å²) in [6.07, 6.45) is 5.41. The zero-order valence-electron chi connectivity index (χ0n) is 11.7. The summed E-state index contributed by atoms with van der Waals surface area (Å²) >= 11 is 1.77. The van der Waals surface area contributed by atoms with Gasteiger partial charge < -0.3 is 4.90 Å². The summed E-state index contributed by atoms with van der Waals surface area (Å²) in [7, 11) is 2.12. The first-order chi connectivity index (χ1) is 9.76. The molecule has 1 aliphatic carbocycles. The van der Waals surface area contributed by atoms with Crippen LogP contribution in [-0.4, -0.2) is 30.4 Å². The van der Waals surface area contributed by atoms with Gasteiger partial charge in [-0.15, -0.1) is 0 Å². The van der Waals surface area contributed by atoms with Crippen LogP contribution in [0.15, 0.2) is 40.0 Å². The lowest BCUT2D eigenvalue weighted by molar-refractivity contribution is 0.336. The van der Waals surface area contributed by atoms with E-state index in [1.807, 2.05) is 6.34 Å². The van der Waals surface area contributed by atoms with Crippen LogP contribution in [0.2, 0.25) is 0 Å². The third-order valence-electron chi connectivity index (χ3n) is 4.54. The van der Waals surface area contributed by atoms with E-state index in [0.717, 1.165) is 19.4 Å². The highest BCUT2D eigenvalue weighted by atomic mass is 32.1. The second kappa shape index (κ2) is 4.45. The molecule has 1 aliphatic heterocycles. The molecule has 0 N–H and O–H groups in total. The number of hydrogen-bond donors (Lipinski definition) is 0. The van der Waals surface area contributed by atoms with Crippen molar-refractivity contribution in [2.75, 3.05) is 13.6 Å². The minimum Gasteiger partial charge on any atom is -0.364 e. The Morgan fingerprint density at radius 1 is 1.30 bits per heavy atom. The molecule has 2 heterocycles. The average molecular weight is 282 g/mol. The predicted molar refractivity (Wildman–Crippen MR) is 85.6 cm³/mol. The quantitative estimate of drug-likeness (QED) is 0.780. The fourth-order valence-corrected chi connectivity index (χ4v) is 4.25. The molecule has 1 atom stereocenters. The van der Waals surface area contributed by atoms with Crippen LogP contribution in [0.25, 0.3) is 11.1 Å². The maximum atomic E-state index is 4.80. The van der Waals surface area contributed by atoms with E-state index < -0.39 is 0 Å². The van der Waals surface area contributed by atoms with Crippen LogP contribution in [-0.2, 0) is 12.8 Å².